The Bertz CT molecular complexity index is 541. The number of nitrogens with one attached hydrogen (secondary N) is 1. The third kappa shape index (κ3) is 1.79. The molecule has 20 heavy (non-hydrogen) atoms. The molecule has 1 aromatic heterocycles. The Morgan fingerprint density at radius 2 is 2.25 bits per heavy atom. The lowest BCUT2D eigenvalue weighted by molar-refractivity contribution is -0.0796. The normalized spacial score (nSPS) is 42.5. The molecule has 1 aromatic rings. The maximum atomic E-state index is 6.48. The van der Waals surface area contributed by atoms with E-state index in [1.165, 1.54) is 11.3 Å². The molecule has 2 atom stereocenters. The second kappa shape index (κ2) is 4.21. The topological polar surface area (TPSA) is 72.5 Å². The Morgan fingerprint density at radius 3 is 2.90 bits per heavy atom. The minimum Gasteiger partial charge on any atom is -0.454 e. The van der Waals surface area contributed by atoms with E-state index in [0.29, 0.717) is 11.9 Å². The lowest BCUT2D eigenvalue weighted by Gasteiger charge is -2.55. The molecule has 2 radical (unpaired) electrons. The van der Waals surface area contributed by atoms with Gasteiger partial charge in [0.1, 0.15) is 6.17 Å². The molecule has 104 valence electrons. The van der Waals surface area contributed by atoms with Crippen molar-refractivity contribution in [3.05, 3.63) is 11.6 Å². The molecule has 3 aliphatic carbocycles. The van der Waals surface area contributed by atoms with Crippen LogP contribution in [0.5, 0.6) is 0 Å². The van der Waals surface area contributed by atoms with Gasteiger partial charge in [-0.2, -0.15) is 0 Å². The highest BCUT2D eigenvalue weighted by molar-refractivity contribution is 7.13. The van der Waals surface area contributed by atoms with Crippen LogP contribution in [0.15, 0.2) is 16.6 Å². The van der Waals surface area contributed by atoms with Crippen LogP contribution in [0.1, 0.15) is 32.1 Å². The van der Waals surface area contributed by atoms with Gasteiger partial charge in [-0.3, -0.25) is 5.32 Å². The van der Waals surface area contributed by atoms with Crippen LogP contribution < -0.4 is 11.1 Å². The second-order valence-electron chi connectivity index (χ2n) is 6.21. The number of thiazole rings is 1. The zero-order valence-corrected chi connectivity index (χ0v) is 12.0. The van der Waals surface area contributed by atoms with E-state index >= 15 is 0 Å². The molecular formula is C13H17BN4OS. The lowest BCUT2D eigenvalue weighted by atomic mass is 9.46. The summed E-state index contributed by atoms with van der Waals surface area (Å²) in [5.74, 6) is 0.460. The Morgan fingerprint density at radius 1 is 1.45 bits per heavy atom. The number of fused-ring (bicyclic) bond motifs is 2. The highest BCUT2D eigenvalue weighted by Gasteiger charge is 2.59. The summed E-state index contributed by atoms with van der Waals surface area (Å²) >= 11 is 1.51. The van der Waals surface area contributed by atoms with E-state index in [2.05, 4.69) is 15.3 Å². The molecule has 1 unspecified atom stereocenters. The minimum atomic E-state index is -0.412. The van der Waals surface area contributed by atoms with Gasteiger partial charge in [0.25, 0.3) is 6.02 Å². The Balaban J connectivity index is 1.57. The van der Waals surface area contributed by atoms with Gasteiger partial charge in [0, 0.05) is 17.5 Å². The van der Waals surface area contributed by atoms with Gasteiger partial charge in [-0.25, -0.2) is 9.98 Å². The molecule has 7 heteroatoms. The van der Waals surface area contributed by atoms with E-state index in [-0.39, 0.29) is 11.5 Å². The van der Waals surface area contributed by atoms with Crippen LogP contribution in [0.4, 0.5) is 5.13 Å². The number of nitrogens with two attached hydrogens (primary N) is 1. The molecule has 0 saturated heterocycles. The average molecular weight is 288 g/mol. The maximum Gasteiger partial charge on any atom is 0.293 e. The van der Waals surface area contributed by atoms with E-state index in [1.54, 1.807) is 6.20 Å². The van der Waals surface area contributed by atoms with Crippen molar-refractivity contribution in [1.82, 2.24) is 4.98 Å². The SMILES string of the molecule is [B]C12CCC(CC1)[C@@]1(C2)OC(Nc2nccs2)=NC1N. The number of hydrogen-bond acceptors (Lipinski definition) is 6. The van der Waals surface area contributed by atoms with Crippen LogP contribution in [0.3, 0.4) is 0 Å². The Hall–Kier alpha value is -1.08. The number of ether oxygens (including phenoxy) is 1. The van der Waals surface area contributed by atoms with Crippen molar-refractivity contribution in [2.75, 3.05) is 5.32 Å². The first-order valence-electron chi connectivity index (χ1n) is 7.08. The number of aliphatic imine (C=N–C) groups is 1. The van der Waals surface area contributed by atoms with Crippen molar-refractivity contribution >= 4 is 30.3 Å². The van der Waals surface area contributed by atoms with E-state index in [1.807, 2.05) is 5.38 Å². The molecule has 1 spiro atoms. The van der Waals surface area contributed by atoms with Gasteiger partial charge in [0.15, 0.2) is 10.7 Å². The molecule has 5 nitrogen and oxygen atoms in total. The molecule has 5 rings (SSSR count). The van der Waals surface area contributed by atoms with E-state index in [0.717, 1.165) is 37.2 Å². The fourth-order valence-electron chi connectivity index (χ4n) is 3.95. The highest BCUT2D eigenvalue weighted by atomic mass is 32.1. The molecule has 2 bridgehead atoms. The third-order valence-corrected chi connectivity index (χ3v) is 5.68. The van der Waals surface area contributed by atoms with Gasteiger partial charge in [-0.1, -0.05) is 18.2 Å². The van der Waals surface area contributed by atoms with Crippen LogP contribution in [-0.4, -0.2) is 30.6 Å². The molecule has 3 N–H and O–H groups in total. The van der Waals surface area contributed by atoms with Crippen molar-refractivity contribution in [3.63, 3.8) is 0 Å². The first-order valence-corrected chi connectivity index (χ1v) is 7.95. The summed E-state index contributed by atoms with van der Waals surface area (Å²) < 4.78 is 6.18. The predicted octanol–water partition coefficient (Wildman–Crippen LogP) is 1.89. The molecule has 0 amide bonds. The molecular weight excluding hydrogens is 271 g/mol. The molecule has 3 saturated carbocycles. The van der Waals surface area contributed by atoms with Gasteiger partial charge < -0.3 is 10.5 Å². The van der Waals surface area contributed by atoms with Crippen molar-refractivity contribution in [1.29, 1.82) is 0 Å². The molecule has 3 fully saturated rings. The number of aromatic nitrogens is 1. The maximum absolute atomic E-state index is 6.48. The van der Waals surface area contributed by atoms with E-state index in [4.69, 9.17) is 18.3 Å². The largest absolute Gasteiger partial charge is 0.454 e. The quantitative estimate of drug-likeness (QED) is 0.774. The zero-order valence-electron chi connectivity index (χ0n) is 11.2. The highest BCUT2D eigenvalue weighted by Crippen LogP contribution is 2.60. The fourth-order valence-corrected chi connectivity index (χ4v) is 4.47. The van der Waals surface area contributed by atoms with Crippen LogP contribution in [0, 0.1) is 5.92 Å². The monoisotopic (exact) mass is 288 g/mol. The summed E-state index contributed by atoms with van der Waals surface area (Å²) in [7, 11) is 6.48. The summed E-state index contributed by atoms with van der Waals surface area (Å²) in [6, 6.07) is 0.489. The van der Waals surface area contributed by atoms with E-state index < -0.39 is 5.60 Å². The first-order chi connectivity index (χ1) is 9.60. The van der Waals surface area contributed by atoms with Crippen molar-refractivity contribution in [3.8, 4) is 0 Å². The van der Waals surface area contributed by atoms with Crippen LogP contribution >= 0.6 is 11.3 Å². The zero-order chi connectivity index (χ0) is 13.8. The summed E-state index contributed by atoms with van der Waals surface area (Å²) in [6.07, 6.45) is 6.54. The number of hydrogen-bond donors (Lipinski definition) is 2. The summed E-state index contributed by atoms with van der Waals surface area (Å²) in [5, 5.41) is 5.66. The van der Waals surface area contributed by atoms with Crippen LogP contribution in [0.25, 0.3) is 0 Å². The summed E-state index contributed by atoms with van der Waals surface area (Å²) in [4.78, 5) is 8.64. The Labute approximate surface area is 123 Å². The molecule has 4 aliphatic rings. The summed E-state index contributed by atoms with van der Waals surface area (Å²) in [5.41, 5.74) is 5.87. The third-order valence-electron chi connectivity index (χ3n) is 4.99. The average Bonchev–Trinajstić information content (AvgIpc) is 3.00. The van der Waals surface area contributed by atoms with Gasteiger partial charge in [0.05, 0.1) is 7.85 Å². The number of anilines is 1. The van der Waals surface area contributed by atoms with Gasteiger partial charge in [-0.15, -0.1) is 11.3 Å². The predicted molar refractivity (Wildman–Crippen MR) is 80.0 cm³/mol. The van der Waals surface area contributed by atoms with Gasteiger partial charge >= 0.3 is 0 Å². The minimum absolute atomic E-state index is 0.126. The van der Waals surface area contributed by atoms with Gasteiger partial charge in [-0.05, 0) is 19.3 Å². The van der Waals surface area contributed by atoms with Crippen LogP contribution in [0.2, 0.25) is 5.31 Å². The Kier molecular flexibility index (Phi) is 2.66. The molecule has 0 aromatic carbocycles. The smallest absolute Gasteiger partial charge is 0.293 e. The van der Waals surface area contributed by atoms with Crippen molar-refractivity contribution in [2.45, 2.75) is 49.2 Å². The molecule has 1 aliphatic heterocycles. The summed E-state index contributed by atoms with van der Waals surface area (Å²) in [6.45, 7) is 0. The van der Waals surface area contributed by atoms with Gasteiger partial charge in [0.2, 0.25) is 0 Å². The lowest BCUT2D eigenvalue weighted by Crippen LogP contribution is -2.58. The number of amidine groups is 1. The standard InChI is InChI=1S/C13H17BN4OS/c14-12-3-1-8(2-4-12)13(7-12)9(15)17-10(19-13)18-11-16-5-6-20-11/h5-6,8-9H,1-4,7,15H2,(H,16,17,18)/t8?,9?,12?,13-/m1/s1. The fraction of sp³-hybridized carbons (Fsp3) is 0.692. The molecule has 2 heterocycles. The van der Waals surface area contributed by atoms with Crippen molar-refractivity contribution in [2.24, 2.45) is 16.6 Å². The number of rotatable bonds is 1. The van der Waals surface area contributed by atoms with Crippen LogP contribution in [-0.2, 0) is 4.74 Å². The van der Waals surface area contributed by atoms with Crippen molar-refractivity contribution < 1.29 is 4.74 Å². The van der Waals surface area contributed by atoms with E-state index in [9.17, 15) is 0 Å². The first kappa shape index (κ1) is 12.6. The number of nitrogens with zero attached hydrogens (tertiary/aromatic N) is 2. The second-order valence-corrected chi connectivity index (χ2v) is 7.11.